The van der Waals surface area contributed by atoms with Crippen molar-refractivity contribution in [1.82, 2.24) is 9.55 Å². The van der Waals surface area contributed by atoms with E-state index in [0.29, 0.717) is 6.20 Å². The molecule has 154 valence electrons. The molecule has 0 aliphatic carbocycles. The average Bonchev–Trinajstić information content (AvgIpc) is 2.57. The summed E-state index contributed by atoms with van der Waals surface area (Å²) in [5.41, 5.74) is -2.17. The highest BCUT2D eigenvalue weighted by Crippen LogP contribution is 2.31. The van der Waals surface area contributed by atoms with Crippen molar-refractivity contribution in [3.63, 3.8) is 0 Å². The molecule has 4 atom stereocenters. The molecule has 1 aliphatic rings. The average molecular weight is 402 g/mol. The van der Waals surface area contributed by atoms with Crippen LogP contribution in [-0.4, -0.2) is 52.4 Å². The van der Waals surface area contributed by atoms with E-state index in [1.165, 1.54) is 0 Å². The minimum atomic E-state index is -1.23. The van der Waals surface area contributed by atoms with Gasteiger partial charge in [-0.3, -0.25) is 28.7 Å². The molecule has 12 heteroatoms. The Kier molecular flexibility index (Phi) is 6.67. The zero-order chi connectivity index (χ0) is 21.0. The molecule has 1 N–H and O–H groups in total. The van der Waals surface area contributed by atoms with Crippen molar-refractivity contribution >= 4 is 17.9 Å². The summed E-state index contributed by atoms with van der Waals surface area (Å²) in [6, 6.07) is 0. The molecule has 0 radical (unpaired) electrons. The third-order valence-electron chi connectivity index (χ3n) is 3.80. The molecule has 2 rings (SSSR count). The zero-order valence-electron chi connectivity index (χ0n) is 15.3. The Morgan fingerprint density at radius 2 is 1.82 bits per heavy atom. The van der Waals surface area contributed by atoms with Gasteiger partial charge in [0, 0.05) is 27.2 Å². The Morgan fingerprint density at radius 1 is 1.18 bits per heavy atom. The van der Waals surface area contributed by atoms with Crippen LogP contribution in [0.15, 0.2) is 15.8 Å². The molecular formula is C16H19FN2O9. The lowest BCUT2D eigenvalue weighted by molar-refractivity contribution is -0.227. The van der Waals surface area contributed by atoms with Gasteiger partial charge in [0.15, 0.2) is 6.10 Å². The first-order valence-electron chi connectivity index (χ1n) is 8.22. The number of aromatic nitrogens is 2. The number of hydrogen-bond donors (Lipinski definition) is 1. The van der Waals surface area contributed by atoms with Crippen LogP contribution in [0.5, 0.6) is 0 Å². The van der Waals surface area contributed by atoms with E-state index in [9.17, 15) is 28.4 Å². The number of nitrogens with one attached hydrogen (secondary N) is 1. The van der Waals surface area contributed by atoms with Gasteiger partial charge in [-0.2, -0.15) is 4.39 Å². The third kappa shape index (κ3) is 5.25. The fourth-order valence-electron chi connectivity index (χ4n) is 2.77. The maximum atomic E-state index is 13.6. The van der Waals surface area contributed by atoms with Gasteiger partial charge in [-0.1, -0.05) is 0 Å². The molecule has 1 aromatic heterocycles. The van der Waals surface area contributed by atoms with Crippen LogP contribution in [0.3, 0.4) is 0 Å². The van der Waals surface area contributed by atoms with Crippen molar-refractivity contribution in [3.05, 3.63) is 32.9 Å². The molecule has 2 heterocycles. The normalized spacial score (nSPS) is 24.3. The first kappa shape index (κ1) is 21.3. The number of nitrogens with zero attached hydrogens (tertiary/aromatic N) is 1. The van der Waals surface area contributed by atoms with E-state index in [4.69, 9.17) is 18.9 Å². The van der Waals surface area contributed by atoms with Crippen molar-refractivity contribution in [2.75, 3.05) is 6.61 Å². The molecule has 28 heavy (non-hydrogen) atoms. The Balaban J connectivity index is 2.41. The highest BCUT2D eigenvalue weighted by Gasteiger charge is 2.44. The number of halogens is 1. The summed E-state index contributed by atoms with van der Waals surface area (Å²) in [5, 5.41) is 0. The molecule has 0 saturated carbocycles. The van der Waals surface area contributed by atoms with Crippen molar-refractivity contribution in [3.8, 4) is 0 Å². The quantitative estimate of drug-likeness (QED) is 0.504. The molecule has 0 bridgehead atoms. The number of rotatable bonds is 5. The second kappa shape index (κ2) is 8.78. The largest absolute Gasteiger partial charge is 0.463 e. The van der Waals surface area contributed by atoms with Crippen molar-refractivity contribution in [2.24, 2.45) is 0 Å². The van der Waals surface area contributed by atoms with Gasteiger partial charge >= 0.3 is 23.6 Å². The molecule has 11 nitrogen and oxygen atoms in total. The van der Waals surface area contributed by atoms with Crippen LogP contribution >= 0.6 is 0 Å². The van der Waals surface area contributed by atoms with E-state index >= 15 is 0 Å². The van der Waals surface area contributed by atoms with Gasteiger partial charge in [-0.25, -0.2) is 4.79 Å². The monoisotopic (exact) mass is 402 g/mol. The van der Waals surface area contributed by atoms with Crippen LogP contribution in [0.1, 0.15) is 33.4 Å². The highest BCUT2D eigenvalue weighted by atomic mass is 19.1. The van der Waals surface area contributed by atoms with Crippen molar-refractivity contribution in [1.29, 1.82) is 0 Å². The number of aromatic amines is 1. The topological polar surface area (TPSA) is 143 Å². The highest BCUT2D eigenvalue weighted by molar-refractivity contribution is 5.67. The molecule has 1 aliphatic heterocycles. The summed E-state index contributed by atoms with van der Waals surface area (Å²) in [6.07, 6.45) is -4.10. The molecule has 0 unspecified atom stereocenters. The van der Waals surface area contributed by atoms with E-state index in [1.54, 1.807) is 4.98 Å². The predicted octanol–water partition coefficient (Wildman–Crippen LogP) is -0.610. The molecule has 0 amide bonds. The first-order valence-corrected chi connectivity index (χ1v) is 8.22. The second-order valence-electron chi connectivity index (χ2n) is 6.03. The fraction of sp³-hybridized carbons (Fsp3) is 0.562. The summed E-state index contributed by atoms with van der Waals surface area (Å²) < 4.78 is 35.3. The summed E-state index contributed by atoms with van der Waals surface area (Å²) in [5.74, 6) is -3.28. The van der Waals surface area contributed by atoms with Crippen LogP contribution in [0, 0.1) is 5.82 Å². The van der Waals surface area contributed by atoms with Gasteiger partial charge in [0.25, 0.3) is 5.56 Å². The van der Waals surface area contributed by atoms with Gasteiger partial charge in [-0.05, 0) is 0 Å². The lowest BCUT2D eigenvalue weighted by atomic mass is 10.00. The standard InChI is InChI=1S/C16H19FN2O9/c1-7(20)25-6-12-14(27-9(3)22)11(26-8(2)21)4-13(28-12)19-5-10(17)15(23)18-16(19)24/h5,11-14H,4,6H2,1-3H3,(H,18,23,24)/t11-,12-,13-,14+/m1/s1. The summed E-state index contributed by atoms with van der Waals surface area (Å²) >= 11 is 0. The molecule has 1 saturated heterocycles. The SMILES string of the molecule is CC(=O)OC[C@H]1O[C@@H](n2cc(F)c(=O)[nH]c2=O)C[C@@H](OC(C)=O)[C@@H]1OC(C)=O. The fourth-order valence-corrected chi connectivity index (χ4v) is 2.77. The molecule has 0 spiro atoms. The molecular weight excluding hydrogens is 383 g/mol. The first-order chi connectivity index (χ1) is 13.1. The van der Waals surface area contributed by atoms with Crippen LogP contribution in [0.2, 0.25) is 0 Å². The minimum Gasteiger partial charge on any atom is -0.463 e. The number of carbonyl (C=O) groups excluding carboxylic acids is 3. The van der Waals surface area contributed by atoms with Gasteiger partial charge in [-0.15, -0.1) is 0 Å². The minimum absolute atomic E-state index is 0.195. The van der Waals surface area contributed by atoms with Gasteiger partial charge in [0.05, 0.1) is 6.20 Å². The number of ether oxygens (including phenoxy) is 4. The van der Waals surface area contributed by atoms with Crippen LogP contribution in [0.25, 0.3) is 0 Å². The predicted molar refractivity (Wildman–Crippen MR) is 87.5 cm³/mol. The molecule has 1 aromatic rings. The second-order valence-corrected chi connectivity index (χ2v) is 6.03. The van der Waals surface area contributed by atoms with E-state index in [1.807, 2.05) is 0 Å². The van der Waals surface area contributed by atoms with Crippen LogP contribution in [-0.2, 0) is 33.3 Å². The van der Waals surface area contributed by atoms with E-state index < -0.39 is 59.5 Å². The smallest absolute Gasteiger partial charge is 0.330 e. The number of H-pyrrole nitrogens is 1. The maximum Gasteiger partial charge on any atom is 0.330 e. The van der Waals surface area contributed by atoms with Gasteiger partial charge < -0.3 is 18.9 Å². The number of carbonyl (C=O) groups is 3. The Hall–Kier alpha value is -3.02. The summed E-state index contributed by atoms with van der Waals surface area (Å²) in [4.78, 5) is 59.1. The van der Waals surface area contributed by atoms with Crippen LogP contribution in [0.4, 0.5) is 4.39 Å². The van der Waals surface area contributed by atoms with Crippen molar-refractivity contribution in [2.45, 2.75) is 51.7 Å². The summed E-state index contributed by atoms with van der Waals surface area (Å²) in [6.45, 7) is 3.01. The molecule has 1 fully saturated rings. The number of esters is 3. The third-order valence-corrected chi connectivity index (χ3v) is 3.80. The number of hydrogen-bond acceptors (Lipinski definition) is 9. The summed E-state index contributed by atoms with van der Waals surface area (Å²) in [7, 11) is 0. The maximum absolute atomic E-state index is 13.6. The van der Waals surface area contributed by atoms with Gasteiger partial charge in [0.1, 0.15) is 25.0 Å². The van der Waals surface area contributed by atoms with Gasteiger partial charge in [0.2, 0.25) is 5.82 Å². The Labute approximate surface area is 157 Å². The lowest BCUT2D eigenvalue weighted by Gasteiger charge is -2.40. The Morgan fingerprint density at radius 3 is 2.39 bits per heavy atom. The van der Waals surface area contributed by atoms with E-state index in [-0.39, 0.29) is 13.0 Å². The lowest BCUT2D eigenvalue weighted by Crippen LogP contribution is -2.53. The van der Waals surface area contributed by atoms with E-state index in [2.05, 4.69) is 0 Å². The molecule has 0 aromatic carbocycles. The zero-order valence-corrected chi connectivity index (χ0v) is 15.3. The Bertz CT molecular complexity index is 878. The van der Waals surface area contributed by atoms with Crippen LogP contribution < -0.4 is 11.2 Å². The van der Waals surface area contributed by atoms with E-state index in [0.717, 1.165) is 25.3 Å². The van der Waals surface area contributed by atoms with Crippen molar-refractivity contribution < 1.29 is 37.7 Å².